The lowest BCUT2D eigenvalue weighted by Gasteiger charge is -2.15. The van der Waals surface area contributed by atoms with Crippen molar-refractivity contribution in [3.8, 4) is 0 Å². The van der Waals surface area contributed by atoms with Gasteiger partial charge in [0.15, 0.2) is 10.8 Å². The molecule has 1 fully saturated rings. The molecule has 0 bridgehead atoms. The zero-order valence-corrected chi connectivity index (χ0v) is 14.2. The average molecular weight is 348 g/mol. The average Bonchev–Trinajstić information content (AvgIpc) is 3.22. The molecule has 1 saturated carbocycles. The summed E-state index contributed by atoms with van der Waals surface area (Å²) in [7, 11) is 0. The molecule has 0 spiro atoms. The lowest BCUT2D eigenvalue weighted by atomic mass is 10.2. The summed E-state index contributed by atoms with van der Waals surface area (Å²) in [6.07, 6.45) is -0.843. The van der Waals surface area contributed by atoms with E-state index in [-0.39, 0.29) is 5.92 Å². The number of aryl methyl sites for hydroxylation is 1. The molecule has 1 aliphatic carbocycles. The van der Waals surface area contributed by atoms with Crippen LogP contribution in [0.3, 0.4) is 0 Å². The second-order valence-electron chi connectivity index (χ2n) is 6.01. The maximum atomic E-state index is 12.8. The molecule has 1 aromatic rings. The third-order valence-electron chi connectivity index (χ3n) is 3.92. The van der Waals surface area contributed by atoms with Crippen LogP contribution in [0.4, 0.5) is 13.2 Å². The predicted molar refractivity (Wildman–Crippen MR) is 87.3 cm³/mol. The maximum Gasteiger partial charge on any atom is 0.435 e. The Morgan fingerprint density at radius 3 is 2.74 bits per heavy atom. The molecule has 0 aromatic carbocycles. The van der Waals surface area contributed by atoms with E-state index in [1.54, 1.807) is 0 Å². The highest BCUT2D eigenvalue weighted by Gasteiger charge is 2.37. The van der Waals surface area contributed by atoms with Crippen LogP contribution < -0.4 is 10.6 Å². The first-order valence-electron chi connectivity index (χ1n) is 8.00. The molecule has 23 heavy (non-hydrogen) atoms. The number of nitrogens with zero attached hydrogens (tertiary/aromatic N) is 2. The van der Waals surface area contributed by atoms with Crippen LogP contribution in [0.1, 0.15) is 56.8 Å². The number of rotatable bonds is 7. The van der Waals surface area contributed by atoms with Crippen molar-refractivity contribution < 1.29 is 13.2 Å². The van der Waals surface area contributed by atoms with Gasteiger partial charge in [-0.05, 0) is 50.9 Å². The molecule has 2 rings (SSSR count). The number of thiocarbonyl (C=S) groups is 1. The number of halogens is 3. The first kappa shape index (κ1) is 18.0. The van der Waals surface area contributed by atoms with E-state index < -0.39 is 11.9 Å². The van der Waals surface area contributed by atoms with E-state index in [0.29, 0.717) is 36.4 Å². The van der Waals surface area contributed by atoms with E-state index in [4.69, 9.17) is 12.2 Å². The van der Waals surface area contributed by atoms with Crippen molar-refractivity contribution in [2.24, 2.45) is 0 Å². The standard InChI is InChI=1S/C15H23F3N4S/c1-3-10(2)20-14(23)19-7-4-8-22-12(11-5-6-11)9-13(21-22)15(16,17)18/h9-11H,3-8H2,1-2H3,(H2,19,20,23). The smallest absolute Gasteiger partial charge is 0.363 e. The van der Waals surface area contributed by atoms with Gasteiger partial charge in [0.2, 0.25) is 0 Å². The molecule has 130 valence electrons. The highest BCUT2D eigenvalue weighted by atomic mass is 32.1. The van der Waals surface area contributed by atoms with Gasteiger partial charge in [0, 0.05) is 30.7 Å². The van der Waals surface area contributed by atoms with Gasteiger partial charge >= 0.3 is 6.18 Å². The quantitative estimate of drug-likeness (QED) is 0.585. The zero-order chi connectivity index (χ0) is 17.0. The third-order valence-corrected chi connectivity index (χ3v) is 4.18. The van der Waals surface area contributed by atoms with Gasteiger partial charge in [-0.15, -0.1) is 0 Å². The Morgan fingerprint density at radius 2 is 2.17 bits per heavy atom. The van der Waals surface area contributed by atoms with Crippen molar-refractivity contribution >= 4 is 17.3 Å². The molecule has 2 N–H and O–H groups in total. The Labute approximate surface area is 139 Å². The van der Waals surface area contributed by atoms with Gasteiger partial charge in [0.1, 0.15) is 0 Å². The van der Waals surface area contributed by atoms with Crippen LogP contribution in [0.2, 0.25) is 0 Å². The molecule has 0 amide bonds. The van der Waals surface area contributed by atoms with E-state index in [1.807, 2.05) is 6.92 Å². The SMILES string of the molecule is CCC(C)NC(=S)NCCCn1nc(C(F)(F)F)cc1C1CC1. The minimum absolute atomic E-state index is 0.236. The molecule has 8 heteroatoms. The van der Waals surface area contributed by atoms with Crippen LogP contribution in [0.5, 0.6) is 0 Å². The molecule has 1 heterocycles. The van der Waals surface area contributed by atoms with Crippen molar-refractivity contribution in [2.45, 2.75) is 64.2 Å². The highest BCUT2D eigenvalue weighted by Crippen LogP contribution is 2.42. The molecule has 1 aromatic heterocycles. The van der Waals surface area contributed by atoms with E-state index in [9.17, 15) is 13.2 Å². The summed E-state index contributed by atoms with van der Waals surface area (Å²) >= 11 is 5.16. The summed E-state index contributed by atoms with van der Waals surface area (Å²) in [6.45, 7) is 5.17. The number of hydrogen-bond donors (Lipinski definition) is 2. The second-order valence-corrected chi connectivity index (χ2v) is 6.42. The fourth-order valence-electron chi connectivity index (χ4n) is 2.26. The van der Waals surface area contributed by atoms with Crippen molar-refractivity contribution in [1.29, 1.82) is 0 Å². The largest absolute Gasteiger partial charge is 0.435 e. The van der Waals surface area contributed by atoms with Gasteiger partial charge in [-0.2, -0.15) is 18.3 Å². The Bertz CT molecular complexity index is 537. The van der Waals surface area contributed by atoms with Crippen LogP contribution >= 0.6 is 12.2 Å². The van der Waals surface area contributed by atoms with Gasteiger partial charge in [0.25, 0.3) is 0 Å². The molecule has 1 aliphatic rings. The topological polar surface area (TPSA) is 41.9 Å². The minimum atomic E-state index is -4.38. The number of aromatic nitrogens is 2. The second kappa shape index (κ2) is 7.51. The van der Waals surface area contributed by atoms with Gasteiger partial charge in [-0.3, -0.25) is 4.68 Å². The van der Waals surface area contributed by atoms with Crippen molar-refractivity contribution in [2.75, 3.05) is 6.54 Å². The number of nitrogens with one attached hydrogen (secondary N) is 2. The fourth-order valence-corrected chi connectivity index (χ4v) is 2.57. The first-order chi connectivity index (χ1) is 10.8. The van der Waals surface area contributed by atoms with Crippen molar-refractivity contribution in [3.05, 3.63) is 17.5 Å². The lowest BCUT2D eigenvalue weighted by Crippen LogP contribution is -2.40. The van der Waals surface area contributed by atoms with Gasteiger partial charge < -0.3 is 10.6 Å². The Kier molecular flexibility index (Phi) is 5.89. The predicted octanol–water partition coefficient (Wildman–Crippen LogP) is 3.43. The normalized spacial score (nSPS) is 16.2. The molecule has 1 atom stereocenters. The molecule has 0 saturated heterocycles. The summed E-state index contributed by atoms with van der Waals surface area (Å²) in [5, 5.41) is 10.5. The molecular weight excluding hydrogens is 325 g/mol. The lowest BCUT2D eigenvalue weighted by molar-refractivity contribution is -0.141. The van der Waals surface area contributed by atoms with E-state index in [0.717, 1.165) is 19.3 Å². The van der Waals surface area contributed by atoms with E-state index in [1.165, 1.54) is 10.7 Å². The molecule has 0 radical (unpaired) electrons. The summed E-state index contributed by atoms with van der Waals surface area (Å²) in [4.78, 5) is 0. The molecular formula is C15H23F3N4S. The Balaban J connectivity index is 1.83. The Hall–Kier alpha value is -1.31. The zero-order valence-electron chi connectivity index (χ0n) is 13.4. The summed E-state index contributed by atoms with van der Waals surface area (Å²) in [5.74, 6) is 0.236. The van der Waals surface area contributed by atoms with Gasteiger partial charge in [0.05, 0.1) is 0 Å². The highest BCUT2D eigenvalue weighted by molar-refractivity contribution is 7.80. The summed E-state index contributed by atoms with van der Waals surface area (Å²) in [6, 6.07) is 1.50. The van der Waals surface area contributed by atoms with Crippen molar-refractivity contribution in [1.82, 2.24) is 20.4 Å². The van der Waals surface area contributed by atoms with Crippen LogP contribution in [0.15, 0.2) is 6.07 Å². The van der Waals surface area contributed by atoms with Crippen molar-refractivity contribution in [3.63, 3.8) is 0 Å². The van der Waals surface area contributed by atoms with E-state index >= 15 is 0 Å². The fraction of sp³-hybridized carbons (Fsp3) is 0.733. The first-order valence-corrected chi connectivity index (χ1v) is 8.41. The molecule has 0 aliphatic heterocycles. The Morgan fingerprint density at radius 1 is 1.48 bits per heavy atom. The van der Waals surface area contributed by atoms with Crippen LogP contribution in [0, 0.1) is 0 Å². The van der Waals surface area contributed by atoms with Crippen LogP contribution in [0.25, 0.3) is 0 Å². The number of alkyl halides is 3. The maximum absolute atomic E-state index is 12.8. The monoisotopic (exact) mass is 348 g/mol. The van der Waals surface area contributed by atoms with Crippen LogP contribution in [-0.2, 0) is 12.7 Å². The van der Waals surface area contributed by atoms with Crippen LogP contribution in [-0.4, -0.2) is 27.5 Å². The molecule has 1 unspecified atom stereocenters. The van der Waals surface area contributed by atoms with E-state index in [2.05, 4.69) is 22.7 Å². The van der Waals surface area contributed by atoms with Gasteiger partial charge in [-0.25, -0.2) is 0 Å². The third kappa shape index (κ3) is 5.37. The summed E-state index contributed by atoms with van der Waals surface area (Å²) in [5.41, 5.74) is -0.0843. The minimum Gasteiger partial charge on any atom is -0.363 e. The summed E-state index contributed by atoms with van der Waals surface area (Å²) < 4.78 is 39.9. The molecule has 4 nitrogen and oxygen atoms in total. The number of hydrogen-bond acceptors (Lipinski definition) is 2. The van der Waals surface area contributed by atoms with Gasteiger partial charge in [-0.1, -0.05) is 6.92 Å².